The fourth-order valence-electron chi connectivity index (χ4n) is 1.98. The summed E-state index contributed by atoms with van der Waals surface area (Å²) < 4.78 is 10.8. The molecule has 1 heterocycles. The maximum Gasteiger partial charge on any atom is 0.338 e. The predicted molar refractivity (Wildman–Crippen MR) is 88.9 cm³/mol. The molecule has 2 aromatic rings. The molecule has 1 N–H and O–H groups in total. The van der Waals surface area contributed by atoms with Crippen LogP contribution in [0.5, 0.6) is 5.75 Å². The van der Waals surface area contributed by atoms with Crippen molar-refractivity contribution in [3.05, 3.63) is 46.4 Å². The van der Waals surface area contributed by atoms with E-state index in [1.807, 2.05) is 5.38 Å². The van der Waals surface area contributed by atoms with E-state index in [0.29, 0.717) is 17.9 Å². The van der Waals surface area contributed by atoms with Gasteiger partial charge in [-0.15, -0.1) is 11.3 Å². The molecule has 0 saturated heterocycles. The number of benzene rings is 1. The Hall–Kier alpha value is -2.41. The van der Waals surface area contributed by atoms with Crippen LogP contribution in [-0.2, 0) is 16.1 Å². The van der Waals surface area contributed by atoms with E-state index in [2.05, 4.69) is 10.3 Å². The lowest BCUT2D eigenvalue weighted by atomic mass is 10.2. The number of ether oxygens (including phenoxy) is 2. The summed E-state index contributed by atoms with van der Waals surface area (Å²) in [6.07, 6.45) is 1.18. The third kappa shape index (κ3) is 4.55. The highest BCUT2D eigenvalue weighted by Gasteiger charge is 2.27. The monoisotopic (exact) mass is 346 g/mol. The maximum absolute atomic E-state index is 12.1. The van der Waals surface area contributed by atoms with Crippen LogP contribution in [0.1, 0.15) is 35.8 Å². The van der Waals surface area contributed by atoms with E-state index in [9.17, 15) is 9.59 Å². The summed E-state index contributed by atoms with van der Waals surface area (Å²) >= 11 is 1.51. The van der Waals surface area contributed by atoms with Crippen LogP contribution in [0.15, 0.2) is 35.2 Å². The summed E-state index contributed by atoms with van der Waals surface area (Å²) in [5.41, 5.74) is 2.99. The van der Waals surface area contributed by atoms with Crippen molar-refractivity contribution >= 4 is 23.2 Å². The van der Waals surface area contributed by atoms with Gasteiger partial charge in [-0.2, -0.15) is 0 Å². The normalized spacial score (nSPS) is 14.7. The molecule has 3 rings (SSSR count). The molecule has 0 unspecified atom stereocenters. The minimum absolute atomic E-state index is 0.243. The summed E-state index contributed by atoms with van der Waals surface area (Å²) in [6.45, 7) is 1.95. The molecule has 1 saturated carbocycles. The second kappa shape index (κ2) is 7.44. The zero-order valence-corrected chi connectivity index (χ0v) is 14.0. The van der Waals surface area contributed by atoms with Crippen molar-refractivity contribution in [2.24, 2.45) is 0 Å². The van der Waals surface area contributed by atoms with Crippen LogP contribution in [-0.4, -0.2) is 29.0 Å². The lowest BCUT2D eigenvalue weighted by Crippen LogP contribution is -2.37. The quantitative estimate of drug-likeness (QED) is 0.780. The zero-order valence-electron chi connectivity index (χ0n) is 13.2. The summed E-state index contributed by atoms with van der Waals surface area (Å²) in [7, 11) is 0. The number of rotatable bonds is 7. The highest BCUT2D eigenvalue weighted by atomic mass is 32.1. The molecule has 0 spiro atoms. The van der Waals surface area contributed by atoms with Gasteiger partial charge < -0.3 is 14.8 Å². The number of esters is 1. The van der Waals surface area contributed by atoms with E-state index in [4.69, 9.17) is 9.47 Å². The van der Waals surface area contributed by atoms with E-state index in [-0.39, 0.29) is 11.9 Å². The van der Waals surface area contributed by atoms with E-state index in [1.165, 1.54) is 11.3 Å². The minimum Gasteiger partial charge on any atom is -0.487 e. The molecule has 6 nitrogen and oxygen atoms in total. The molecule has 1 amide bonds. The van der Waals surface area contributed by atoms with Crippen LogP contribution < -0.4 is 10.1 Å². The van der Waals surface area contributed by atoms with Gasteiger partial charge in [0.1, 0.15) is 12.4 Å². The van der Waals surface area contributed by atoms with E-state index in [0.717, 1.165) is 18.5 Å². The Bertz CT molecular complexity index is 696. The highest BCUT2D eigenvalue weighted by Crippen LogP contribution is 2.19. The fraction of sp³-hybridized carbons (Fsp3) is 0.353. The van der Waals surface area contributed by atoms with Crippen molar-refractivity contribution in [2.45, 2.75) is 38.5 Å². The topological polar surface area (TPSA) is 77.5 Å². The Morgan fingerprint density at radius 1 is 1.33 bits per heavy atom. The average molecular weight is 346 g/mol. The number of nitrogens with one attached hydrogen (secondary N) is 1. The molecule has 0 radical (unpaired) electrons. The van der Waals surface area contributed by atoms with Gasteiger partial charge in [0, 0.05) is 11.4 Å². The van der Waals surface area contributed by atoms with Gasteiger partial charge in [0.15, 0.2) is 6.10 Å². The zero-order chi connectivity index (χ0) is 16.9. The molecule has 1 aromatic carbocycles. The summed E-state index contributed by atoms with van der Waals surface area (Å²) in [6, 6.07) is 6.86. The van der Waals surface area contributed by atoms with Crippen molar-refractivity contribution in [1.29, 1.82) is 0 Å². The van der Waals surface area contributed by atoms with Crippen molar-refractivity contribution in [3.8, 4) is 5.75 Å². The molecule has 7 heteroatoms. The molecule has 1 aliphatic rings. The first-order valence-corrected chi connectivity index (χ1v) is 8.67. The minimum atomic E-state index is -0.807. The Morgan fingerprint density at radius 3 is 2.71 bits per heavy atom. The van der Waals surface area contributed by atoms with Gasteiger partial charge in [0.2, 0.25) is 0 Å². The van der Waals surface area contributed by atoms with Gasteiger partial charge in [-0.1, -0.05) is 0 Å². The van der Waals surface area contributed by atoms with Gasteiger partial charge in [-0.05, 0) is 44.0 Å². The maximum atomic E-state index is 12.1. The van der Waals surface area contributed by atoms with Crippen molar-refractivity contribution in [1.82, 2.24) is 10.3 Å². The van der Waals surface area contributed by atoms with Crippen molar-refractivity contribution in [2.75, 3.05) is 0 Å². The third-order valence-corrected chi connectivity index (χ3v) is 4.17. The van der Waals surface area contributed by atoms with E-state index < -0.39 is 12.1 Å². The number of nitrogens with zero attached hydrogens (tertiary/aromatic N) is 1. The first-order chi connectivity index (χ1) is 11.6. The van der Waals surface area contributed by atoms with E-state index in [1.54, 1.807) is 36.7 Å². The van der Waals surface area contributed by atoms with Crippen LogP contribution in [0, 0.1) is 0 Å². The standard InChI is InChI=1S/C17H18N2O4S/c1-11(16(20)19-13-4-5-13)23-17(21)12-2-6-15(7-3-12)22-8-14-9-24-10-18-14/h2-3,6-7,9-11,13H,4-5,8H2,1H3,(H,19,20)/t11-/m1/s1. The van der Waals surface area contributed by atoms with Crippen LogP contribution in [0.2, 0.25) is 0 Å². The summed E-state index contributed by atoms with van der Waals surface area (Å²) in [5.74, 6) is -0.146. The second-order valence-corrected chi connectivity index (χ2v) is 6.34. The molecule has 1 fully saturated rings. The lowest BCUT2D eigenvalue weighted by Gasteiger charge is -2.13. The largest absolute Gasteiger partial charge is 0.487 e. The molecule has 1 atom stereocenters. The number of aromatic nitrogens is 1. The molecule has 126 valence electrons. The van der Waals surface area contributed by atoms with Gasteiger partial charge in [-0.25, -0.2) is 9.78 Å². The Kier molecular flexibility index (Phi) is 5.10. The lowest BCUT2D eigenvalue weighted by molar-refractivity contribution is -0.129. The number of amides is 1. The Labute approximate surface area is 143 Å². The summed E-state index contributed by atoms with van der Waals surface area (Å²) in [4.78, 5) is 28.0. The van der Waals surface area contributed by atoms with Crippen molar-refractivity contribution in [3.63, 3.8) is 0 Å². The number of carbonyl (C=O) groups is 2. The molecular formula is C17H18N2O4S. The molecule has 0 aliphatic heterocycles. The number of thiazole rings is 1. The molecule has 1 aliphatic carbocycles. The molecule has 24 heavy (non-hydrogen) atoms. The second-order valence-electron chi connectivity index (χ2n) is 5.62. The average Bonchev–Trinajstić information content (AvgIpc) is 3.24. The number of carbonyl (C=O) groups excluding carboxylic acids is 2. The molecule has 0 bridgehead atoms. The van der Waals surface area contributed by atoms with Crippen LogP contribution >= 0.6 is 11.3 Å². The number of hydrogen-bond donors (Lipinski definition) is 1. The van der Waals surface area contributed by atoms with Gasteiger partial charge >= 0.3 is 5.97 Å². The van der Waals surface area contributed by atoms with Crippen LogP contribution in [0.25, 0.3) is 0 Å². The van der Waals surface area contributed by atoms with Gasteiger partial charge in [0.05, 0.1) is 16.8 Å². The van der Waals surface area contributed by atoms with Gasteiger partial charge in [-0.3, -0.25) is 4.79 Å². The smallest absolute Gasteiger partial charge is 0.338 e. The first kappa shape index (κ1) is 16.4. The molecule has 1 aromatic heterocycles. The van der Waals surface area contributed by atoms with E-state index >= 15 is 0 Å². The third-order valence-electron chi connectivity index (χ3n) is 3.54. The molecular weight excluding hydrogens is 328 g/mol. The Morgan fingerprint density at radius 2 is 2.08 bits per heavy atom. The van der Waals surface area contributed by atoms with Crippen molar-refractivity contribution < 1.29 is 19.1 Å². The fourth-order valence-corrected chi connectivity index (χ4v) is 2.52. The number of hydrogen-bond acceptors (Lipinski definition) is 6. The SMILES string of the molecule is C[C@@H](OC(=O)c1ccc(OCc2cscn2)cc1)C(=O)NC1CC1. The van der Waals surface area contributed by atoms with Gasteiger partial charge in [0.25, 0.3) is 5.91 Å². The summed E-state index contributed by atoms with van der Waals surface area (Å²) in [5, 5.41) is 4.72. The highest BCUT2D eigenvalue weighted by molar-refractivity contribution is 7.07. The predicted octanol–water partition coefficient (Wildman–Crippen LogP) is 2.55. The first-order valence-electron chi connectivity index (χ1n) is 7.73. The van der Waals surface area contributed by atoms with Crippen LogP contribution in [0.4, 0.5) is 0 Å². The van der Waals surface area contributed by atoms with Crippen LogP contribution in [0.3, 0.4) is 0 Å². The Balaban J connectivity index is 1.50.